The van der Waals surface area contributed by atoms with Gasteiger partial charge < -0.3 is 5.73 Å². The van der Waals surface area contributed by atoms with Crippen LogP contribution in [-0.2, 0) is 0 Å². The van der Waals surface area contributed by atoms with E-state index in [9.17, 15) is 4.79 Å². The minimum absolute atomic E-state index is 0. The van der Waals surface area contributed by atoms with Crippen molar-refractivity contribution < 1.29 is 4.79 Å². The van der Waals surface area contributed by atoms with Gasteiger partial charge in [0.25, 0.3) is 5.91 Å². The number of carbonyl (C=O) groups excluding carboxylic acids is 1. The Balaban J connectivity index is 0.000001000. The van der Waals surface area contributed by atoms with Gasteiger partial charge >= 0.3 is 0 Å². The third-order valence-electron chi connectivity index (χ3n) is 0.858. The Hall–Kier alpha value is -0.680. The maximum Gasteiger partial charge on any atom is 0.268 e. The summed E-state index contributed by atoms with van der Waals surface area (Å²) in [6.45, 7) is 0. The van der Waals surface area contributed by atoms with Crippen molar-refractivity contribution in [2.75, 3.05) is 0 Å². The molecule has 0 aliphatic heterocycles. The zero-order valence-electron chi connectivity index (χ0n) is 5.32. The van der Waals surface area contributed by atoms with Gasteiger partial charge in [0.15, 0.2) is 0 Å². The number of nitrogens with zero attached hydrogens (tertiary/aromatic N) is 2. The summed E-state index contributed by atoms with van der Waals surface area (Å²) in [4.78, 5) is 17.9. The Bertz CT molecular complexity index is 268. The first kappa shape index (κ1) is 10.3. The molecule has 11 heavy (non-hydrogen) atoms. The number of amides is 1. The van der Waals surface area contributed by atoms with Crippen LogP contribution in [0.4, 0.5) is 0 Å². The van der Waals surface area contributed by atoms with Crippen molar-refractivity contribution in [2.45, 2.75) is 0 Å². The van der Waals surface area contributed by atoms with E-state index in [1.807, 2.05) is 0 Å². The molecule has 0 atom stereocenters. The average Bonchev–Trinajstić information content (AvgIpc) is 1.88. The summed E-state index contributed by atoms with van der Waals surface area (Å²) in [5, 5.41) is 0. The molecule has 0 saturated carbocycles. The summed E-state index contributed by atoms with van der Waals surface area (Å²) in [7, 11) is 0. The standard InChI is InChI=1S/C5H4BrN3O.ClH/c6-4-2-8-1-3(9-4)5(7)10;/h1-2H,(H2,7,10);1H. The monoisotopic (exact) mass is 237 g/mol. The number of rotatable bonds is 1. The molecule has 0 spiro atoms. The Morgan fingerprint density at radius 2 is 2.18 bits per heavy atom. The fourth-order valence-electron chi connectivity index (χ4n) is 0.461. The lowest BCUT2D eigenvalue weighted by atomic mass is 10.4. The van der Waals surface area contributed by atoms with Crippen LogP contribution >= 0.6 is 28.3 Å². The van der Waals surface area contributed by atoms with Gasteiger partial charge in [-0.25, -0.2) is 4.98 Å². The van der Waals surface area contributed by atoms with E-state index in [0.717, 1.165) is 0 Å². The number of hydrogen-bond acceptors (Lipinski definition) is 3. The van der Waals surface area contributed by atoms with Gasteiger partial charge in [0.1, 0.15) is 10.3 Å². The van der Waals surface area contributed by atoms with Crippen molar-refractivity contribution in [3.8, 4) is 0 Å². The highest BCUT2D eigenvalue weighted by molar-refractivity contribution is 9.10. The van der Waals surface area contributed by atoms with Gasteiger partial charge in [0, 0.05) is 0 Å². The fraction of sp³-hybridized carbons (Fsp3) is 0. The Morgan fingerprint density at radius 3 is 2.55 bits per heavy atom. The largest absolute Gasteiger partial charge is 0.364 e. The summed E-state index contributed by atoms with van der Waals surface area (Å²) in [6.07, 6.45) is 2.79. The zero-order chi connectivity index (χ0) is 7.56. The first-order chi connectivity index (χ1) is 4.70. The van der Waals surface area contributed by atoms with Crippen LogP contribution < -0.4 is 5.73 Å². The normalized spacial score (nSPS) is 8.45. The second kappa shape index (κ2) is 4.25. The molecule has 4 nitrogen and oxygen atoms in total. The van der Waals surface area contributed by atoms with Crippen LogP contribution in [0.5, 0.6) is 0 Å². The minimum atomic E-state index is -0.575. The van der Waals surface area contributed by atoms with Gasteiger partial charge in [-0.2, -0.15) is 0 Å². The molecular formula is C5H5BrClN3O. The van der Waals surface area contributed by atoms with Crippen LogP contribution in [0.15, 0.2) is 17.0 Å². The van der Waals surface area contributed by atoms with Crippen LogP contribution in [-0.4, -0.2) is 15.9 Å². The van der Waals surface area contributed by atoms with Crippen LogP contribution in [0.1, 0.15) is 10.5 Å². The fourth-order valence-corrected chi connectivity index (χ4v) is 0.770. The van der Waals surface area contributed by atoms with E-state index < -0.39 is 5.91 Å². The van der Waals surface area contributed by atoms with Crippen molar-refractivity contribution in [1.82, 2.24) is 9.97 Å². The van der Waals surface area contributed by atoms with Crippen LogP contribution in [0.3, 0.4) is 0 Å². The van der Waals surface area contributed by atoms with E-state index in [4.69, 9.17) is 5.73 Å². The van der Waals surface area contributed by atoms with E-state index >= 15 is 0 Å². The number of aromatic nitrogens is 2. The van der Waals surface area contributed by atoms with Crippen molar-refractivity contribution in [3.63, 3.8) is 0 Å². The van der Waals surface area contributed by atoms with Crippen molar-refractivity contribution in [2.24, 2.45) is 5.73 Å². The van der Waals surface area contributed by atoms with Crippen molar-refractivity contribution >= 4 is 34.2 Å². The van der Waals surface area contributed by atoms with E-state index in [-0.39, 0.29) is 18.1 Å². The lowest BCUT2D eigenvalue weighted by Gasteiger charge is -1.91. The van der Waals surface area contributed by atoms with Gasteiger partial charge in [0.2, 0.25) is 0 Å². The molecule has 60 valence electrons. The van der Waals surface area contributed by atoms with Gasteiger partial charge in [0.05, 0.1) is 12.4 Å². The SMILES string of the molecule is Cl.NC(=O)c1cncc(Br)n1. The molecule has 0 radical (unpaired) electrons. The predicted octanol–water partition coefficient (Wildman–Crippen LogP) is 0.760. The highest BCUT2D eigenvalue weighted by Crippen LogP contribution is 2.02. The third-order valence-corrected chi connectivity index (χ3v) is 1.24. The number of hydrogen-bond donors (Lipinski definition) is 1. The number of primary amides is 1. The Labute approximate surface area is 77.8 Å². The molecule has 0 saturated heterocycles. The first-order valence-corrected chi connectivity index (χ1v) is 3.27. The summed E-state index contributed by atoms with van der Waals surface area (Å²) < 4.78 is 0.504. The van der Waals surface area contributed by atoms with Gasteiger partial charge in [-0.15, -0.1) is 12.4 Å². The summed E-state index contributed by atoms with van der Waals surface area (Å²) in [5.74, 6) is -0.575. The quantitative estimate of drug-likeness (QED) is 0.785. The van der Waals surface area contributed by atoms with Gasteiger partial charge in [-0.1, -0.05) is 0 Å². The molecule has 0 fully saturated rings. The van der Waals surface area contributed by atoms with Crippen molar-refractivity contribution in [1.29, 1.82) is 0 Å². The maximum absolute atomic E-state index is 10.5. The predicted molar refractivity (Wildman–Crippen MR) is 45.5 cm³/mol. The first-order valence-electron chi connectivity index (χ1n) is 2.47. The average molecular weight is 238 g/mol. The molecule has 2 N–H and O–H groups in total. The van der Waals surface area contributed by atoms with Crippen LogP contribution in [0.25, 0.3) is 0 Å². The second-order valence-corrected chi connectivity index (χ2v) is 2.40. The minimum Gasteiger partial charge on any atom is -0.364 e. The molecule has 1 aromatic rings. The van der Waals surface area contributed by atoms with E-state index in [1.54, 1.807) is 0 Å². The Morgan fingerprint density at radius 1 is 1.55 bits per heavy atom. The molecule has 1 aromatic heterocycles. The van der Waals surface area contributed by atoms with Crippen LogP contribution in [0.2, 0.25) is 0 Å². The number of halogens is 2. The lowest BCUT2D eigenvalue weighted by Crippen LogP contribution is -2.13. The summed E-state index contributed by atoms with van der Waals surface area (Å²) in [5.41, 5.74) is 5.08. The molecule has 0 bridgehead atoms. The maximum atomic E-state index is 10.5. The molecule has 1 rings (SSSR count). The topological polar surface area (TPSA) is 68.9 Å². The highest BCUT2D eigenvalue weighted by Gasteiger charge is 2.00. The third kappa shape index (κ3) is 2.81. The lowest BCUT2D eigenvalue weighted by molar-refractivity contribution is 0.0995. The smallest absolute Gasteiger partial charge is 0.268 e. The zero-order valence-corrected chi connectivity index (χ0v) is 7.72. The Kier molecular flexibility index (Phi) is 3.99. The molecule has 0 aromatic carbocycles. The molecule has 1 heterocycles. The molecular weight excluding hydrogens is 233 g/mol. The molecule has 0 unspecified atom stereocenters. The molecule has 0 aliphatic rings. The van der Waals surface area contributed by atoms with E-state index in [1.165, 1.54) is 12.4 Å². The number of carbonyl (C=O) groups is 1. The number of nitrogens with two attached hydrogens (primary N) is 1. The molecule has 6 heteroatoms. The summed E-state index contributed by atoms with van der Waals surface area (Å²) in [6, 6.07) is 0. The van der Waals surface area contributed by atoms with Crippen molar-refractivity contribution in [3.05, 3.63) is 22.7 Å². The van der Waals surface area contributed by atoms with Crippen LogP contribution in [0, 0.1) is 0 Å². The second-order valence-electron chi connectivity index (χ2n) is 1.59. The summed E-state index contributed by atoms with van der Waals surface area (Å²) >= 11 is 3.05. The van der Waals surface area contributed by atoms with E-state index in [2.05, 4.69) is 25.9 Å². The van der Waals surface area contributed by atoms with Gasteiger partial charge in [-0.3, -0.25) is 9.78 Å². The van der Waals surface area contributed by atoms with Gasteiger partial charge in [-0.05, 0) is 15.9 Å². The highest BCUT2D eigenvalue weighted by atomic mass is 79.9. The molecule has 0 aliphatic carbocycles. The molecule has 1 amide bonds. The van der Waals surface area contributed by atoms with E-state index in [0.29, 0.717) is 4.60 Å².